The molecule has 2 heteroatoms. The number of hydrogen-bond acceptors (Lipinski definition) is 0. The second kappa shape index (κ2) is 3.93. The topological polar surface area (TPSA) is 0 Å². The van der Waals surface area contributed by atoms with Crippen LogP contribution in [0.2, 0.25) is 0 Å². The molecule has 11 heavy (non-hydrogen) atoms. The molecule has 0 unspecified atom stereocenters. The van der Waals surface area contributed by atoms with Crippen LogP contribution in [0.15, 0.2) is 45.5 Å². The third kappa shape index (κ3) is 2.68. The van der Waals surface area contributed by atoms with Gasteiger partial charge in [0.05, 0.1) is 5.03 Å². The molecule has 0 N–H and O–H groups in total. The van der Waals surface area contributed by atoms with E-state index < -0.39 is 0 Å². The van der Waals surface area contributed by atoms with Gasteiger partial charge in [0, 0.05) is 4.48 Å². The zero-order valence-corrected chi connectivity index (χ0v) is 8.48. The van der Waals surface area contributed by atoms with Crippen molar-refractivity contribution < 1.29 is 0 Å². The lowest BCUT2D eigenvalue weighted by Crippen LogP contribution is -1.75. The summed E-state index contributed by atoms with van der Waals surface area (Å²) < 4.78 is 0.928. The Morgan fingerprint density at radius 3 is 2.64 bits per heavy atom. The summed E-state index contributed by atoms with van der Waals surface area (Å²) in [6.45, 7) is 2.03. The second-order valence-electron chi connectivity index (χ2n) is 2.30. The molecule has 1 rings (SSSR count). The molecule has 1 aliphatic carbocycles. The van der Waals surface area contributed by atoms with Gasteiger partial charge >= 0.3 is 0 Å². The van der Waals surface area contributed by atoms with E-state index in [1.807, 2.05) is 37.3 Å². The molecule has 0 aromatic carbocycles. The van der Waals surface area contributed by atoms with Crippen LogP contribution in [-0.2, 0) is 0 Å². The molecule has 0 radical (unpaired) electrons. The monoisotopic (exact) mass is 230 g/mol. The minimum absolute atomic E-state index is 0.730. The van der Waals surface area contributed by atoms with Gasteiger partial charge in [-0.1, -0.05) is 29.8 Å². The number of halogens is 2. The van der Waals surface area contributed by atoms with Crippen molar-refractivity contribution in [2.24, 2.45) is 0 Å². The second-order valence-corrected chi connectivity index (χ2v) is 3.56. The van der Waals surface area contributed by atoms with Crippen molar-refractivity contribution in [1.82, 2.24) is 0 Å². The van der Waals surface area contributed by atoms with Crippen molar-refractivity contribution in [3.05, 3.63) is 45.5 Å². The Bertz CT molecular complexity index is 269. The predicted molar refractivity (Wildman–Crippen MR) is 53.8 cm³/mol. The Labute approximate surface area is 80.1 Å². The number of rotatable bonds is 0. The molecule has 0 aromatic rings. The molecule has 0 aromatic heterocycles. The fourth-order valence-electron chi connectivity index (χ4n) is 0.744. The van der Waals surface area contributed by atoms with E-state index in [2.05, 4.69) is 15.9 Å². The highest BCUT2D eigenvalue weighted by Crippen LogP contribution is 2.21. The summed E-state index contributed by atoms with van der Waals surface area (Å²) in [5.41, 5.74) is 1.18. The van der Waals surface area contributed by atoms with Gasteiger partial charge in [-0.15, -0.1) is 0 Å². The summed E-state index contributed by atoms with van der Waals surface area (Å²) in [5.74, 6) is 0. The van der Waals surface area contributed by atoms with E-state index >= 15 is 0 Å². The maximum absolute atomic E-state index is 5.88. The molecule has 0 bridgehead atoms. The van der Waals surface area contributed by atoms with Crippen LogP contribution in [0.3, 0.4) is 0 Å². The zero-order chi connectivity index (χ0) is 8.27. The Kier molecular flexibility index (Phi) is 3.16. The Hall–Kier alpha value is -0.270. The van der Waals surface area contributed by atoms with Gasteiger partial charge in [-0.3, -0.25) is 0 Å². The first-order chi connectivity index (χ1) is 5.20. The third-order valence-electron chi connectivity index (χ3n) is 1.30. The van der Waals surface area contributed by atoms with Gasteiger partial charge in [0.25, 0.3) is 0 Å². The molecule has 0 heterocycles. The average molecular weight is 232 g/mol. The smallest absolute Gasteiger partial charge is 0.0548 e. The summed E-state index contributed by atoms with van der Waals surface area (Å²) in [6, 6.07) is 0. The largest absolute Gasteiger partial charge is 0.0831 e. The lowest BCUT2D eigenvalue weighted by molar-refractivity contribution is 1.50. The lowest BCUT2D eigenvalue weighted by atomic mass is 10.2. The molecule has 0 amide bonds. The normalized spacial score (nSPS) is 35.0. The summed E-state index contributed by atoms with van der Waals surface area (Å²) in [4.78, 5) is 0. The fraction of sp³-hybridized carbons (Fsp3) is 0.111. The van der Waals surface area contributed by atoms with Gasteiger partial charge in [0.2, 0.25) is 0 Å². The highest BCUT2D eigenvalue weighted by Gasteiger charge is 1.95. The Balaban J connectivity index is 3.04. The third-order valence-corrected chi connectivity index (χ3v) is 2.51. The molecule has 0 saturated carbocycles. The van der Waals surface area contributed by atoms with Crippen LogP contribution in [0.5, 0.6) is 0 Å². The number of hydrogen-bond donors (Lipinski definition) is 0. The number of allylic oxidation sites excluding steroid dienone is 8. The van der Waals surface area contributed by atoms with Crippen LogP contribution >= 0.6 is 27.5 Å². The molecule has 0 aliphatic heterocycles. The first-order valence-electron chi connectivity index (χ1n) is 3.28. The van der Waals surface area contributed by atoms with Crippen molar-refractivity contribution in [1.29, 1.82) is 0 Å². The summed E-state index contributed by atoms with van der Waals surface area (Å²) in [5, 5.41) is 0.730. The maximum Gasteiger partial charge on any atom is 0.0548 e. The van der Waals surface area contributed by atoms with Crippen LogP contribution in [0.4, 0.5) is 0 Å². The van der Waals surface area contributed by atoms with Crippen LogP contribution in [0.1, 0.15) is 6.92 Å². The van der Waals surface area contributed by atoms with Crippen molar-refractivity contribution in [2.45, 2.75) is 6.92 Å². The Morgan fingerprint density at radius 1 is 1.27 bits per heavy atom. The molecular formula is C9H8BrCl. The van der Waals surface area contributed by atoms with Gasteiger partial charge in [-0.05, 0) is 40.6 Å². The van der Waals surface area contributed by atoms with Crippen LogP contribution < -0.4 is 0 Å². The summed E-state index contributed by atoms with van der Waals surface area (Å²) in [6.07, 6.45) is 9.75. The van der Waals surface area contributed by atoms with Crippen molar-refractivity contribution in [2.75, 3.05) is 0 Å². The molecule has 1 aliphatic rings. The molecular weight excluding hydrogens is 223 g/mol. The van der Waals surface area contributed by atoms with Gasteiger partial charge in [-0.25, -0.2) is 0 Å². The molecule has 0 atom stereocenters. The highest BCUT2D eigenvalue weighted by atomic mass is 79.9. The van der Waals surface area contributed by atoms with E-state index in [9.17, 15) is 0 Å². The van der Waals surface area contributed by atoms with E-state index in [1.165, 1.54) is 5.57 Å². The molecule has 0 spiro atoms. The lowest BCUT2D eigenvalue weighted by Gasteiger charge is -1.97. The Morgan fingerprint density at radius 2 is 1.91 bits per heavy atom. The molecule has 0 saturated heterocycles. The van der Waals surface area contributed by atoms with E-state index in [1.54, 1.807) is 0 Å². The van der Waals surface area contributed by atoms with E-state index in [4.69, 9.17) is 11.6 Å². The van der Waals surface area contributed by atoms with Gasteiger partial charge in [-0.2, -0.15) is 0 Å². The SMILES string of the molecule is CC1=C/C(Br)=C(Cl)\C=C/C=C\1. The quantitative estimate of drug-likeness (QED) is 0.593. The minimum Gasteiger partial charge on any atom is -0.0831 e. The zero-order valence-electron chi connectivity index (χ0n) is 6.14. The summed E-state index contributed by atoms with van der Waals surface area (Å²) >= 11 is 9.24. The van der Waals surface area contributed by atoms with Gasteiger partial charge in [0.1, 0.15) is 0 Å². The average Bonchev–Trinajstić information content (AvgIpc) is 1.95. The highest BCUT2D eigenvalue weighted by molar-refractivity contribution is 9.12. The predicted octanol–water partition coefficient (Wildman–Crippen LogP) is 3.90. The van der Waals surface area contributed by atoms with Crippen LogP contribution in [-0.4, -0.2) is 0 Å². The molecule has 0 fully saturated rings. The standard InChI is InChI=1S/C9H8BrCl/c1-7-4-2-3-5-9(11)8(10)6-7/h2-6H,1H3/b3-2?,4-2-,5-3-,7-4?,7-6-,8-6?,9-5?,9-8-. The van der Waals surface area contributed by atoms with Gasteiger partial charge in [0.15, 0.2) is 0 Å². The van der Waals surface area contributed by atoms with E-state index in [0.29, 0.717) is 0 Å². The maximum atomic E-state index is 5.88. The van der Waals surface area contributed by atoms with Crippen LogP contribution in [0.25, 0.3) is 0 Å². The van der Waals surface area contributed by atoms with Crippen molar-refractivity contribution in [3.8, 4) is 0 Å². The van der Waals surface area contributed by atoms with Crippen LogP contribution in [0, 0.1) is 0 Å². The molecule has 58 valence electrons. The minimum atomic E-state index is 0.730. The van der Waals surface area contributed by atoms with E-state index in [0.717, 1.165) is 9.51 Å². The first-order valence-corrected chi connectivity index (χ1v) is 4.45. The first kappa shape index (κ1) is 8.82. The van der Waals surface area contributed by atoms with Crippen molar-refractivity contribution >= 4 is 27.5 Å². The fourth-order valence-corrected chi connectivity index (χ4v) is 1.36. The summed E-state index contributed by atoms with van der Waals surface area (Å²) in [7, 11) is 0. The van der Waals surface area contributed by atoms with E-state index in [-0.39, 0.29) is 0 Å². The van der Waals surface area contributed by atoms with Crippen molar-refractivity contribution in [3.63, 3.8) is 0 Å². The molecule has 0 nitrogen and oxygen atoms in total. The van der Waals surface area contributed by atoms with Gasteiger partial charge < -0.3 is 0 Å².